The van der Waals surface area contributed by atoms with E-state index in [2.05, 4.69) is 10.3 Å². The first-order valence-corrected chi connectivity index (χ1v) is 11.8. The van der Waals surface area contributed by atoms with Crippen LogP contribution in [0.2, 0.25) is 0 Å². The molecule has 0 saturated carbocycles. The van der Waals surface area contributed by atoms with Crippen LogP contribution in [0.1, 0.15) is 17.8 Å². The van der Waals surface area contributed by atoms with Crippen LogP contribution in [0, 0.1) is 12.7 Å². The van der Waals surface area contributed by atoms with Gasteiger partial charge in [-0.25, -0.2) is 17.8 Å². The Balaban J connectivity index is 1.49. The molecule has 1 aliphatic rings. The Hall–Kier alpha value is -2.62. The van der Waals surface area contributed by atoms with Crippen molar-refractivity contribution in [2.75, 3.05) is 11.9 Å². The molecule has 1 aliphatic heterocycles. The van der Waals surface area contributed by atoms with E-state index >= 15 is 0 Å². The van der Waals surface area contributed by atoms with E-state index in [0.717, 1.165) is 28.4 Å². The van der Waals surface area contributed by atoms with Gasteiger partial charge in [0.05, 0.1) is 15.6 Å². The van der Waals surface area contributed by atoms with Gasteiger partial charge in [0.1, 0.15) is 11.9 Å². The summed E-state index contributed by atoms with van der Waals surface area (Å²) in [6.07, 6.45) is 1.02. The molecule has 1 saturated heterocycles. The van der Waals surface area contributed by atoms with Gasteiger partial charge in [0, 0.05) is 23.2 Å². The number of thiazole rings is 1. The van der Waals surface area contributed by atoms with Gasteiger partial charge in [-0.15, -0.1) is 11.3 Å². The lowest BCUT2D eigenvalue weighted by molar-refractivity contribution is -0.119. The number of nitrogens with one attached hydrogen (secondary N) is 1. The molecule has 1 atom stereocenters. The number of aromatic nitrogens is 1. The Bertz CT molecular complexity index is 1160. The first kappa shape index (κ1) is 20.6. The zero-order valence-electron chi connectivity index (χ0n) is 16.2. The van der Waals surface area contributed by atoms with Crippen molar-refractivity contribution in [1.29, 1.82) is 0 Å². The number of sulfonamides is 1. The van der Waals surface area contributed by atoms with Gasteiger partial charge in [-0.3, -0.25) is 4.79 Å². The van der Waals surface area contributed by atoms with Crippen molar-refractivity contribution in [2.24, 2.45) is 0 Å². The van der Waals surface area contributed by atoms with Crippen molar-refractivity contribution in [3.8, 4) is 11.3 Å². The number of hydrogen-bond donors (Lipinski definition) is 1. The average Bonchev–Trinajstić information content (AvgIpc) is 3.38. The van der Waals surface area contributed by atoms with Crippen LogP contribution in [0.3, 0.4) is 0 Å². The standard InChI is InChI=1S/C21H20FN3O3S2/c1-14-23-19(13-29-14)15-4-8-17(9-5-15)24-21(26)20-3-2-12-25(20)30(27,28)18-10-6-16(22)7-11-18/h4-11,13,20H,2-3,12H2,1H3,(H,24,26). The minimum absolute atomic E-state index is 0.0218. The summed E-state index contributed by atoms with van der Waals surface area (Å²) in [6.45, 7) is 2.19. The maximum Gasteiger partial charge on any atom is 0.243 e. The van der Waals surface area contributed by atoms with Crippen molar-refractivity contribution >= 4 is 33.0 Å². The van der Waals surface area contributed by atoms with Crippen molar-refractivity contribution in [3.63, 3.8) is 0 Å². The van der Waals surface area contributed by atoms with Crippen LogP contribution in [0.5, 0.6) is 0 Å². The van der Waals surface area contributed by atoms with Gasteiger partial charge < -0.3 is 5.32 Å². The molecule has 2 aromatic carbocycles. The van der Waals surface area contributed by atoms with Crippen LogP contribution in [0.4, 0.5) is 10.1 Å². The SMILES string of the molecule is Cc1nc(-c2ccc(NC(=O)C3CCCN3S(=O)(=O)c3ccc(F)cc3)cc2)cs1. The molecule has 0 spiro atoms. The topological polar surface area (TPSA) is 79.4 Å². The van der Waals surface area contributed by atoms with E-state index in [-0.39, 0.29) is 17.3 Å². The Morgan fingerprint density at radius 1 is 1.17 bits per heavy atom. The fourth-order valence-electron chi connectivity index (χ4n) is 3.48. The van der Waals surface area contributed by atoms with Gasteiger partial charge in [0.2, 0.25) is 15.9 Å². The lowest BCUT2D eigenvalue weighted by atomic mass is 10.1. The maximum atomic E-state index is 13.2. The molecule has 30 heavy (non-hydrogen) atoms. The summed E-state index contributed by atoms with van der Waals surface area (Å²) in [6, 6.07) is 11.1. The second-order valence-corrected chi connectivity index (χ2v) is 10.00. The number of halogens is 1. The number of hydrogen-bond acceptors (Lipinski definition) is 5. The Morgan fingerprint density at radius 3 is 2.50 bits per heavy atom. The van der Waals surface area contributed by atoms with E-state index in [0.29, 0.717) is 18.5 Å². The Kier molecular flexibility index (Phi) is 5.68. The van der Waals surface area contributed by atoms with Crippen molar-refractivity contribution < 1.29 is 17.6 Å². The summed E-state index contributed by atoms with van der Waals surface area (Å²) < 4.78 is 40.2. The second-order valence-electron chi connectivity index (χ2n) is 7.05. The van der Waals surface area contributed by atoms with E-state index in [1.54, 1.807) is 23.5 Å². The molecule has 1 N–H and O–H groups in total. The number of nitrogens with zero attached hydrogens (tertiary/aromatic N) is 2. The lowest BCUT2D eigenvalue weighted by Gasteiger charge is -2.23. The molecule has 0 radical (unpaired) electrons. The van der Waals surface area contributed by atoms with Crippen LogP contribution < -0.4 is 5.32 Å². The molecule has 0 aliphatic carbocycles. The average molecular weight is 446 g/mol. The number of rotatable bonds is 5. The fraction of sp³-hybridized carbons (Fsp3) is 0.238. The zero-order chi connectivity index (χ0) is 21.3. The van der Waals surface area contributed by atoms with E-state index in [1.165, 1.54) is 16.4 Å². The monoisotopic (exact) mass is 445 g/mol. The normalized spacial score (nSPS) is 17.2. The number of carbonyl (C=O) groups excluding carboxylic acids is 1. The Labute approximate surface area is 178 Å². The third-order valence-corrected chi connectivity index (χ3v) is 7.69. The number of benzene rings is 2. The summed E-state index contributed by atoms with van der Waals surface area (Å²) in [5, 5.41) is 5.76. The highest BCUT2D eigenvalue weighted by atomic mass is 32.2. The summed E-state index contributed by atoms with van der Waals surface area (Å²) in [7, 11) is -3.88. The zero-order valence-corrected chi connectivity index (χ0v) is 17.8. The van der Waals surface area contributed by atoms with Gasteiger partial charge in [-0.1, -0.05) is 12.1 Å². The predicted molar refractivity (Wildman–Crippen MR) is 114 cm³/mol. The minimum Gasteiger partial charge on any atom is -0.325 e. The molecule has 0 bridgehead atoms. The minimum atomic E-state index is -3.88. The lowest BCUT2D eigenvalue weighted by Crippen LogP contribution is -2.43. The van der Waals surface area contributed by atoms with E-state index in [9.17, 15) is 17.6 Å². The molecule has 156 valence electrons. The first-order chi connectivity index (χ1) is 14.3. The van der Waals surface area contributed by atoms with Crippen LogP contribution in [0.15, 0.2) is 58.8 Å². The van der Waals surface area contributed by atoms with Crippen LogP contribution in [0.25, 0.3) is 11.3 Å². The molecule has 6 nitrogen and oxygen atoms in total. The second kappa shape index (κ2) is 8.25. The van der Waals surface area contributed by atoms with E-state index < -0.39 is 21.9 Å². The van der Waals surface area contributed by atoms with Gasteiger partial charge in [-0.2, -0.15) is 4.31 Å². The number of carbonyl (C=O) groups is 1. The highest BCUT2D eigenvalue weighted by Gasteiger charge is 2.39. The van der Waals surface area contributed by atoms with Crippen molar-refractivity contribution in [3.05, 3.63) is 64.7 Å². The summed E-state index contributed by atoms with van der Waals surface area (Å²) in [5.74, 6) is -0.892. The summed E-state index contributed by atoms with van der Waals surface area (Å²) in [4.78, 5) is 17.2. The molecule has 1 fully saturated rings. The van der Waals surface area contributed by atoms with Gasteiger partial charge in [0.15, 0.2) is 0 Å². The molecule has 1 aromatic heterocycles. The van der Waals surface area contributed by atoms with Gasteiger partial charge in [0.25, 0.3) is 0 Å². The molecule has 2 heterocycles. The number of anilines is 1. The third kappa shape index (κ3) is 4.14. The quantitative estimate of drug-likeness (QED) is 0.643. The van der Waals surface area contributed by atoms with Gasteiger partial charge in [-0.05, 0) is 56.2 Å². The van der Waals surface area contributed by atoms with Gasteiger partial charge >= 0.3 is 0 Å². The van der Waals surface area contributed by atoms with E-state index in [1.807, 2.05) is 24.4 Å². The van der Waals surface area contributed by atoms with Crippen LogP contribution >= 0.6 is 11.3 Å². The maximum absolute atomic E-state index is 13.2. The first-order valence-electron chi connectivity index (χ1n) is 9.45. The van der Waals surface area contributed by atoms with E-state index in [4.69, 9.17) is 0 Å². The smallest absolute Gasteiger partial charge is 0.243 e. The third-order valence-electron chi connectivity index (χ3n) is 4.99. The molecule has 4 rings (SSSR count). The van der Waals surface area contributed by atoms with Crippen molar-refractivity contribution in [2.45, 2.75) is 30.7 Å². The number of amides is 1. The summed E-state index contributed by atoms with van der Waals surface area (Å²) >= 11 is 1.57. The number of aryl methyl sites for hydroxylation is 1. The Morgan fingerprint density at radius 2 is 1.87 bits per heavy atom. The largest absolute Gasteiger partial charge is 0.325 e. The predicted octanol–water partition coefficient (Wildman–Crippen LogP) is 4.05. The van der Waals surface area contributed by atoms with Crippen LogP contribution in [-0.4, -0.2) is 36.2 Å². The van der Waals surface area contributed by atoms with Crippen LogP contribution in [-0.2, 0) is 14.8 Å². The molecule has 3 aromatic rings. The molecular weight excluding hydrogens is 425 g/mol. The highest BCUT2D eigenvalue weighted by Crippen LogP contribution is 2.28. The molecule has 1 amide bonds. The molecular formula is C21H20FN3O3S2. The fourth-order valence-corrected chi connectivity index (χ4v) is 5.76. The summed E-state index contributed by atoms with van der Waals surface area (Å²) in [5.41, 5.74) is 2.41. The molecule has 1 unspecified atom stereocenters. The molecule has 9 heteroatoms. The highest BCUT2D eigenvalue weighted by molar-refractivity contribution is 7.89. The van der Waals surface area contributed by atoms with Crippen molar-refractivity contribution in [1.82, 2.24) is 9.29 Å².